The maximum Gasteiger partial charge on any atom is 0.272 e. The number of benzene rings is 5. The van der Waals surface area contributed by atoms with E-state index in [0.29, 0.717) is 28.3 Å². The number of carbonyl (C=O) groups is 3. The second kappa shape index (κ2) is 14.3. The maximum atomic E-state index is 13.8. The first-order valence-electron chi connectivity index (χ1n) is 15.3. The minimum absolute atomic E-state index is 0.0132. The summed E-state index contributed by atoms with van der Waals surface area (Å²) in [6.07, 6.45) is 1.55. The van der Waals surface area contributed by atoms with Crippen molar-refractivity contribution in [1.29, 1.82) is 0 Å². The van der Waals surface area contributed by atoms with Crippen LogP contribution in [0.5, 0.6) is 11.5 Å². The van der Waals surface area contributed by atoms with E-state index >= 15 is 0 Å². The number of carbonyl (C=O) groups excluding carboxylic acids is 3. The number of aromatic nitrogens is 1. The van der Waals surface area contributed by atoms with E-state index in [2.05, 4.69) is 10.6 Å². The molecule has 0 fully saturated rings. The molecule has 1 aromatic heterocycles. The van der Waals surface area contributed by atoms with Gasteiger partial charge in [-0.1, -0.05) is 54.6 Å². The van der Waals surface area contributed by atoms with Crippen molar-refractivity contribution in [3.63, 3.8) is 0 Å². The maximum absolute atomic E-state index is 13.8. The third kappa shape index (κ3) is 6.82. The molecular formula is C39H33N3O5S. The van der Waals surface area contributed by atoms with Gasteiger partial charge in [-0.15, -0.1) is 11.8 Å². The summed E-state index contributed by atoms with van der Waals surface area (Å²) >= 11 is 1.44. The van der Waals surface area contributed by atoms with Crippen LogP contribution in [0.2, 0.25) is 0 Å². The molecule has 1 atom stereocenters. The Hall–Kier alpha value is -5.80. The topological polar surface area (TPSA) is 98.7 Å². The van der Waals surface area contributed by atoms with Gasteiger partial charge in [-0.05, 0) is 79.7 Å². The van der Waals surface area contributed by atoms with Crippen LogP contribution in [0, 0.1) is 0 Å². The monoisotopic (exact) mass is 655 g/mol. The third-order valence-corrected chi connectivity index (χ3v) is 8.94. The number of amides is 2. The van der Waals surface area contributed by atoms with Gasteiger partial charge in [0.25, 0.3) is 11.8 Å². The highest BCUT2D eigenvalue weighted by molar-refractivity contribution is 8.00. The third-order valence-electron chi connectivity index (χ3n) is 7.84. The second-order valence-electron chi connectivity index (χ2n) is 10.9. The van der Waals surface area contributed by atoms with Gasteiger partial charge in [-0.25, -0.2) is 0 Å². The number of nitrogens with zero attached hydrogens (tertiary/aromatic N) is 1. The Kier molecular flexibility index (Phi) is 9.59. The number of anilines is 1. The number of thioether (sulfide) groups is 1. The number of ether oxygens (including phenoxy) is 2. The van der Waals surface area contributed by atoms with E-state index in [0.717, 1.165) is 26.7 Å². The summed E-state index contributed by atoms with van der Waals surface area (Å²) in [4.78, 5) is 41.4. The predicted octanol–water partition coefficient (Wildman–Crippen LogP) is 8.04. The molecule has 0 bridgehead atoms. The molecule has 9 heteroatoms. The molecular weight excluding hydrogens is 623 g/mol. The first-order chi connectivity index (χ1) is 23.4. The van der Waals surface area contributed by atoms with Crippen LogP contribution >= 0.6 is 11.8 Å². The first-order valence-corrected chi connectivity index (χ1v) is 16.1. The van der Waals surface area contributed by atoms with E-state index in [1.165, 1.54) is 18.9 Å². The predicted molar refractivity (Wildman–Crippen MR) is 192 cm³/mol. The lowest BCUT2D eigenvalue weighted by atomic mass is 10.1. The number of para-hydroxylation sites is 2. The van der Waals surface area contributed by atoms with Gasteiger partial charge in [0.05, 0.1) is 30.5 Å². The minimum Gasteiger partial charge on any atom is -0.497 e. The van der Waals surface area contributed by atoms with Crippen molar-refractivity contribution < 1.29 is 23.9 Å². The summed E-state index contributed by atoms with van der Waals surface area (Å²) in [5, 5.41) is 7.32. The number of methoxy groups -OCH3 is 2. The molecule has 0 spiro atoms. The summed E-state index contributed by atoms with van der Waals surface area (Å²) < 4.78 is 12.6. The number of hydrogen-bond acceptors (Lipinski definition) is 6. The van der Waals surface area contributed by atoms with Crippen molar-refractivity contribution in [1.82, 2.24) is 9.88 Å². The van der Waals surface area contributed by atoms with Crippen LogP contribution in [0.4, 0.5) is 5.69 Å². The highest BCUT2D eigenvalue weighted by Gasteiger charge is 2.22. The average Bonchev–Trinajstić information content (AvgIpc) is 3.46. The van der Waals surface area contributed by atoms with Crippen molar-refractivity contribution in [2.75, 3.05) is 19.5 Å². The lowest BCUT2D eigenvalue weighted by Crippen LogP contribution is -2.30. The van der Waals surface area contributed by atoms with E-state index in [9.17, 15) is 14.4 Å². The van der Waals surface area contributed by atoms with E-state index in [4.69, 9.17) is 9.47 Å². The molecule has 0 aliphatic rings. The molecule has 1 heterocycles. The Labute approximate surface area is 282 Å². The number of nitrogens with one attached hydrogen (secondary N) is 2. The van der Waals surface area contributed by atoms with Gasteiger partial charge in [0.1, 0.15) is 17.2 Å². The summed E-state index contributed by atoms with van der Waals surface area (Å²) in [7, 11) is 3.07. The van der Waals surface area contributed by atoms with Gasteiger partial charge < -0.3 is 20.1 Å². The fourth-order valence-electron chi connectivity index (χ4n) is 5.46. The van der Waals surface area contributed by atoms with E-state index in [1.54, 1.807) is 72.4 Å². The summed E-state index contributed by atoms with van der Waals surface area (Å²) in [6, 6.07) is 36.9. The van der Waals surface area contributed by atoms with Crippen LogP contribution in [0.1, 0.15) is 27.6 Å². The molecule has 0 aliphatic carbocycles. The van der Waals surface area contributed by atoms with E-state index < -0.39 is 11.8 Å². The average molecular weight is 656 g/mol. The summed E-state index contributed by atoms with van der Waals surface area (Å²) in [5.41, 5.74) is 3.24. The number of hydrogen-bond donors (Lipinski definition) is 2. The van der Waals surface area contributed by atoms with Crippen molar-refractivity contribution >= 4 is 63.1 Å². The molecule has 1 unspecified atom stereocenters. The van der Waals surface area contributed by atoms with Crippen molar-refractivity contribution in [2.45, 2.75) is 17.1 Å². The molecule has 6 rings (SSSR count). The lowest BCUT2D eigenvalue weighted by Gasteiger charge is -2.15. The van der Waals surface area contributed by atoms with Crippen LogP contribution in [0.3, 0.4) is 0 Å². The molecule has 6 aromatic rings. The molecule has 5 aromatic carbocycles. The standard InChI is InChI=1S/C39H33N3O5S/c1-25(39(45)42-34-15-9-7-13-31(34)32-14-8-10-16-35(32)42)48-30-20-17-28(18-21-30)40-38(44)33(41-37(43)26-11-5-4-6-12-26)24-27-23-29(46-2)19-22-36(27)47-3/h4-25H,1-3H3,(H,40,44)(H,41,43)/b33-24-. The fraction of sp³-hybridized carbons (Fsp3) is 0.103. The van der Waals surface area contributed by atoms with Crippen LogP contribution in [0.15, 0.2) is 132 Å². The molecule has 48 heavy (non-hydrogen) atoms. The number of rotatable bonds is 10. The van der Waals surface area contributed by atoms with Gasteiger partial charge in [-0.2, -0.15) is 0 Å². The lowest BCUT2D eigenvalue weighted by molar-refractivity contribution is -0.113. The van der Waals surface area contributed by atoms with Crippen LogP contribution in [-0.4, -0.2) is 41.8 Å². The SMILES string of the molecule is COc1ccc(OC)c(/C=C(\NC(=O)c2ccccc2)C(=O)Nc2ccc(SC(C)C(=O)n3c4ccccc4c4ccccc43)cc2)c1. The van der Waals surface area contributed by atoms with E-state index in [1.807, 2.05) is 73.7 Å². The van der Waals surface area contributed by atoms with Gasteiger partial charge in [0.15, 0.2) is 0 Å². The van der Waals surface area contributed by atoms with Gasteiger partial charge in [0, 0.05) is 32.5 Å². The van der Waals surface area contributed by atoms with Crippen LogP contribution in [-0.2, 0) is 4.79 Å². The Morgan fingerprint density at radius 2 is 1.38 bits per heavy atom. The molecule has 0 radical (unpaired) electrons. The Morgan fingerprint density at radius 1 is 0.750 bits per heavy atom. The normalized spacial score (nSPS) is 12.0. The highest BCUT2D eigenvalue weighted by Crippen LogP contribution is 2.32. The van der Waals surface area contributed by atoms with Crippen molar-refractivity contribution in [2.24, 2.45) is 0 Å². The zero-order chi connectivity index (χ0) is 33.6. The Balaban J connectivity index is 1.21. The molecule has 2 amide bonds. The zero-order valence-corrected chi connectivity index (χ0v) is 27.4. The minimum atomic E-state index is -0.528. The molecule has 2 N–H and O–H groups in total. The van der Waals surface area contributed by atoms with E-state index in [-0.39, 0.29) is 16.9 Å². The molecule has 240 valence electrons. The largest absolute Gasteiger partial charge is 0.497 e. The van der Waals surface area contributed by atoms with Gasteiger partial charge in [0.2, 0.25) is 5.91 Å². The molecule has 8 nitrogen and oxygen atoms in total. The molecule has 0 saturated heterocycles. The van der Waals surface area contributed by atoms with Crippen LogP contribution < -0.4 is 20.1 Å². The zero-order valence-electron chi connectivity index (χ0n) is 26.6. The Morgan fingerprint density at radius 3 is 2.00 bits per heavy atom. The van der Waals surface area contributed by atoms with Gasteiger partial charge >= 0.3 is 0 Å². The summed E-state index contributed by atoms with van der Waals surface area (Å²) in [5.74, 6) is 0.0785. The Bertz CT molecular complexity index is 2100. The van der Waals surface area contributed by atoms with Crippen molar-refractivity contribution in [3.8, 4) is 11.5 Å². The fourth-order valence-corrected chi connectivity index (χ4v) is 6.37. The molecule has 0 saturated carbocycles. The number of fused-ring (bicyclic) bond motifs is 3. The quantitative estimate of drug-likeness (QED) is 0.115. The smallest absolute Gasteiger partial charge is 0.272 e. The van der Waals surface area contributed by atoms with Crippen LogP contribution in [0.25, 0.3) is 27.9 Å². The second-order valence-corrected chi connectivity index (χ2v) is 12.3. The van der Waals surface area contributed by atoms with Crippen molar-refractivity contribution in [3.05, 3.63) is 138 Å². The first kappa shape index (κ1) is 32.2. The molecule has 0 aliphatic heterocycles. The highest BCUT2D eigenvalue weighted by atomic mass is 32.2. The van der Waals surface area contributed by atoms with Gasteiger partial charge in [-0.3, -0.25) is 19.0 Å². The summed E-state index contributed by atoms with van der Waals surface area (Å²) in [6.45, 7) is 1.89.